The lowest BCUT2D eigenvalue weighted by Crippen LogP contribution is -2.49. The minimum atomic E-state index is -0.0628. The van der Waals surface area contributed by atoms with Gasteiger partial charge in [-0.05, 0) is 37.5 Å². The molecular weight excluding hydrogens is 324 g/mol. The Kier molecular flexibility index (Phi) is 6.03. The Morgan fingerprint density at radius 2 is 2.12 bits per heavy atom. The van der Waals surface area contributed by atoms with Crippen LogP contribution in [0.25, 0.3) is 0 Å². The van der Waals surface area contributed by atoms with Crippen LogP contribution in [0.4, 0.5) is 0 Å². The second-order valence-corrected chi connectivity index (χ2v) is 7.37. The van der Waals surface area contributed by atoms with Crippen LogP contribution in [0, 0.1) is 0 Å². The molecule has 0 spiro atoms. The normalized spacial score (nSPS) is 23.0. The van der Waals surface area contributed by atoms with E-state index in [1.807, 2.05) is 19.1 Å². The summed E-state index contributed by atoms with van der Waals surface area (Å²) in [5.74, 6) is 2.71. The predicted molar refractivity (Wildman–Crippen MR) is 96.6 cm³/mol. The number of amides is 1. The van der Waals surface area contributed by atoms with Gasteiger partial charge in [-0.15, -0.1) is 11.8 Å². The quantitative estimate of drug-likeness (QED) is 0.821. The van der Waals surface area contributed by atoms with Crippen molar-refractivity contribution in [1.82, 2.24) is 10.6 Å². The van der Waals surface area contributed by atoms with Crippen LogP contribution >= 0.6 is 11.8 Å². The molecule has 0 bridgehead atoms. The summed E-state index contributed by atoms with van der Waals surface area (Å²) < 4.78 is 11.1. The van der Waals surface area contributed by atoms with Gasteiger partial charge in [0.05, 0.1) is 12.6 Å². The fourth-order valence-corrected chi connectivity index (χ4v) is 4.29. The molecule has 6 heteroatoms. The van der Waals surface area contributed by atoms with Crippen LogP contribution in [0.2, 0.25) is 0 Å². The van der Waals surface area contributed by atoms with Crippen molar-refractivity contribution >= 4 is 17.7 Å². The van der Waals surface area contributed by atoms with Crippen LogP contribution in [0.1, 0.15) is 25.3 Å². The van der Waals surface area contributed by atoms with E-state index in [0.29, 0.717) is 13.2 Å². The lowest BCUT2D eigenvalue weighted by molar-refractivity contribution is -0.122. The van der Waals surface area contributed by atoms with Gasteiger partial charge in [-0.1, -0.05) is 12.1 Å². The molecule has 1 amide bonds. The number of rotatable bonds is 6. The number of ether oxygens (including phenoxy) is 2. The van der Waals surface area contributed by atoms with Crippen molar-refractivity contribution < 1.29 is 14.3 Å². The Bertz CT molecular complexity index is 538. The van der Waals surface area contributed by atoms with E-state index in [0.717, 1.165) is 43.4 Å². The third-order valence-electron chi connectivity index (χ3n) is 4.86. The second-order valence-electron chi connectivity index (χ2n) is 6.34. The molecule has 2 saturated heterocycles. The maximum atomic E-state index is 12.4. The molecule has 1 unspecified atom stereocenters. The molecule has 132 valence electrons. The highest BCUT2D eigenvalue weighted by Gasteiger charge is 2.35. The van der Waals surface area contributed by atoms with E-state index in [-0.39, 0.29) is 17.4 Å². The summed E-state index contributed by atoms with van der Waals surface area (Å²) in [5, 5.41) is 6.40. The number of hydrogen-bond donors (Lipinski definition) is 2. The van der Waals surface area contributed by atoms with Gasteiger partial charge in [0.25, 0.3) is 0 Å². The van der Waals surface area contributed by atoms with E-state index < -0.39 is 0 Å². The first-order chi connectivity index (χ1) is 11.7. The number of carbonyl (C=O) groups excluding carboxylic acids is 1. The van der Waals surface area contributed by atoms with Crippen molar-refractivity contribution in [3.05, 3.63) is 29.8 Å². The Morgan fingerprint density at radius 1 is 1.38 bits per heavy atom. The molecule has 0 aromatic heterocycles. The summed E-state index contributed by atoms with van der Waals surface area (Å²) in [4.78, 5) is 12.4. The zero-order chi connectivity index (χ0) is 16.8. The van der Waals surface area contributed by atoms with Crippen molar-refractivity contribution in [3.63, 3.8) is 0 Å². The number of benzene rings is 1. The summed E-state index contributed by atoms with van der Waals surface area (Å²) in [5.41, 5.74) is 1.20. The van der Waals surface area contributed by atoms with Gasteiger partial charge >= 0.3 is 0 Å². The summed E-state index contributed by atoms with van der Waals surface area (Å²) in [6, 6.07) is 8.24. The Hall–Kier alpha value is -1.24. The highest BCUT2D eigenvalue weighted by atomic mass is 32.2. The maximum absolute atomic E-state index is 12.4. The molecule has 2 aliphatic rings. The first-order valence-corrected chi connectivity index (χ1v) is 9.79. The lowest BCUT2D eigenvalue weighted by atomic mass is 9.74. The van der Waals surface area contributed by atoms with Crippen LogP contribution in [0.3, 0.4) is 0 Å². The molecule has 2 fully saturated rings. The molecule has 0 saturated carbocycles. The van der Waals surface area contributed by atoms with Gasteiger partial charge in [0.15, 0.2) is 0 Å². The SMILES string of the molecule is CCOc1ccc(C2(CNC(=O)C3CSCN3)CCOCC2)cc1. The van der Waals surface area contributed by atoms with Crippen molar-refractivity contribution in [3.8, 4) is 5.75 Å². The number of nitrogens with one attached hydrogen (secondary N) is 2. The second kappa shape index (κ2) is 8.23. The average molecular weight is 350 g/mol. The Morgan fingerprint density at radius 3 is 2.75 bits per heavy atom. The van der Waals surface area contributed by atoms with Gasteiger partial charge < -0.3 is 14.8 Å². The topological polar surface area (TPSA) is 59.6 Å². The summed E-state index contributed by atoms with van der Waals surface area (Å²) >= 11 is 1.77. The van der Waals surface area contributed by atoms with Gasteiger partial charge in [-0.3, -0.25) is 10.1 Å². The monoisotopic (exact) mass is 350 g/mol. The molecule has 2 aliphatic heterocycles. The minimum absolute atomic E-state index is 0.0512. The summed E-state index contributed by atoms with van der Waals surface area (Å²) in [6.07, 6.45) is 1.85. The standard InChI is InChI=1S/C18H26N2O3S/c1-2-23-15-5-3-14(4-6-15)18(7-9-22-10-8-18)12-19-17(21)16-11-24-13-20-16/h3-6,16,20H,2,7-13H2,1H3,(H,19,21). The molecular formula is C18H26N2O3S. The van der Waals surface area contributed by atoms with E-state index in [4.69, 9.17) is 9.47 Å². The average Bonchev–Trinajstić information content (AvgIpc) is 3.16. The lowest BCUT2D eigenvalue weighted by Gasteiger charge is -2.38. The minimum Gasteiger partial charge on any atom is -0.494 e. The Labute approximate surface area is 147 Å². The van der Waals surface area contributed by atoms with E-state index in [9.17, 15) is 4.79 Å². The molecule has 3 rings (SSSR count). The summed E-state index contributed by atoms with van der Waals surface area (Å²) in [7, 11) is 0. The highest BCUT2D eigenvalue weighted by molar-refractivity contribution is 7.99. The van der Waals surface area contributed by atoms with E-state index in [1.165, 1.54) is 5.56 Å². The van der Waals surface area contributed by atoms with Crippen LogP contribution < -0.4 is 15.4 Å². The van der Waals surface area contributed by atoms with Gasteiger partial charge in [0.1, 0.15) is 5.75 Å². The molecule has 24 heavy (non-hydrogen) atoms. The Balaban J connectivity index is 1.70. The fourth-order valence-electron chi connectivity index (χ4n) is 3.34. The number of thioether (sulfide) groups is 1. The third-order valence-corrected chi connectivity index (χ3v) is 5.80. The summed E-state index contributed by atoms with van der Waals surface area (Å²) in [6.45, 7) is 4.78. The van der Waals surface area contributed by atoms with E-state index in [1.54, 1.807) is 11.8 Å². The van der Waals surface area contributed by atoms with Gasteiger partial charge in [0.2, 0.25) is 5.91 Å². The van der Waals surface area contributed by atoms with Crippen LogP contribution in [0.5, 0.6) is 5.75 Å². The predicted octanol–water partition coefficient (Wildman–Crippen LogP) is 1.91. The van der Waals surface area contributed by atoms with Crippen molar-refractivity contribution in [1.29, 1.82) is 0 Å². The van der Waals surface area contributed by atoms with Crippen molar-refractivity contribution in [2.24, 2.45) is 0 Å². The van der Waals surface area contributed by atoms with Crippen LogP contribution in [-0.2, 0) is 14.9 Å². The highest BCUT2D eigenvalue weighted by Crippen LogP contribution is 2.35. The smallest absolute Gasteiger partial charge is 0.238 e. The van der Waals surface area contributed by atoms with Crippen molar-refractivity contribution in [2.75, 3.05) is 38.0 Å². The molecule has 2 heterocycles. The number of hydrogen-bond acceptors (Lipinski definition) is 5. The molecule has 0 aliphatic carbocycles. The molecule has 1 atom stereocenters. The largest absolute Gasteiger partial charge is 0.494 e. The van der Waals surface area contributed by atoms with Gasteiger partial charge in [0, 0.05) is 36.8 Å². The fraction of sp³-hybridized carbons (Fsp3) is 0.611. The maximum Gasteiger partial charge on any atom is 0.238 e. The van der Waals surface area contributed by atoms with Gasteiger partial charge in [-0.25, -0.2) is 0 Å². The number of carbonyl (C=O) groups is 1. The third kappa shape index (κ3) is 4.05. The molecule has 1 aromatic rings. The molecule has 0 radical (unpaired) electrons. The van der Waals surface area contributed by atoms with Crippen molar-refractivity contribution in [2.45, 2.75) is 31.2 Å². The van der Waals surface area contributed by atoms with Crippen LogP contribution in [0.15, 0.2) is 24.3 Å². The molecule has 2 N–H and O–H groups in total. The van der Waals surface area contributed by atoms with Crippen LogP contribution in [-0.4, -0.2) is 49.9 Å². The first kappa shape index (κ1) is 17.6. The van der Waals surface area contributed by atoms with E-state index in [2.05, 4.69) is 22.8 Å². The molecule has 5 nitrogen and oxygen atoms in total. The zero-order valence-electron chi connectivity index (χ0n) is 14.2. The van der Waals surface area contributed by atoms with Gasteiger partial charge in [-0.2, -0.15) is 0 Å². The zero-order valence-corrected chi connectivity index (χ0v) is 15.0. The first-order valence-electron chi connectivity index (χ1n) is 8.63. The van der Waals surface area contributed by atoms with E-state index >= 15 is 0 Å². The molecule has 1 aromatic carbocycles.